The second-order valence-corrected chi connectivity index (χ2v) is 7.50. The van der Waals surface area contributed by atoms with E-state index < -0.39 is 12.1 Å². The van der Waals surface area contributed by atoms with Crippen LogP contribution in [0.4, 0.5) is 9.80 Å². The number of carbonyl (C=O) groups is 3. The molecule has 1 aliphatic rings. The smallest absolute Gasteiger partial charge is 0.409 e. The van der Waals surface area contributed by atoms with Crippen LogP contribution in [0.25, 0.3) is 0 Å². The van der Waals surface area contributed by atoms with E-state index in [1.54, 1.807) is 24.0 Å². The molecule has 1 aromatic heterocycles. The molecule has 1 aromatic carbocycles. The molecule has 28 heavy (non-hydrogen) atoms. The van der Waals surface area contributed by atoms with E-state index >= 15 is 0 Å². The van der Waals surface area contributed by atoms with Crippen LogP contribution < -0.4 is 5.32 Å². The van der Waals surface area contributed by atoms with Gasteiger partial charge in [0, 0.05) is 17.0 Å². The molecule has 2 amide bonds. The number of benzene rings is 1. The Balaban J connectivity index is 1.94. The van der Waals surface area contributed by atoms with Crippen LogP contribution in [0.15, 0.2) is 24.3 Å². The SMILES string of the molecule is CCOC(=O)c1c(NC(=O)c2cccc(C)c2)sc2c1CCN(C(=O)OC)C2. The van der Waals surface area contributed by atoms with Crippen LogP contribution in [0, 0.1) is 6.92 Å². The van der Waals surface area contributed by atoms with Gasteiger partial charge in [-0.15, -0.1) is 11.3 Å². The van der Waals surface area contributed by atoms with Gasteiger partial charge in [0.25, 0.3) is 5.91 Å². The number of rotatable bonds is 4. The number of carbonyl (C=O) groups excluding carboxylic acids is 3. The topological polar surface area (TPSA) is 84.9 Å². The van der Waals surface area contributed by atoms with Gasteiger partial charge in [0.05, 0.1) is 25.8 Å². The van der Waals surface area contributed by atoms with E-state index in [4.69, 9.17) is 9.47 Å². The number of nitrogens with zero attached hydrogens (tertiary/aromatic N) is 1. The maximum Gasteiger partial charge on any atom is 0.409 e. The first kappa shape index (κ1) is 19.9. The van der Waals surface area contributed by atoms with Crippen molar-refractivity contribution in [3.8, 4) is 0 Å². The lowest BCUT2D eigenvalue weighted by Crippen LogP contribution is -2.35. The van der Waals surface area contributed by atoms with E-state index in [1.807, 2.05) is 19.1 Å². The molecule has 0 spiro atoms. The predicted molar refractivity (Wildman–Crippen MR) is 106 cm³/mol. The van der Waals surface area contributed by atoms with Gasteiger partial charge in [-0.25, -0.2) is 9.59 Å². The first-order chi connectivity index (χ1) is 13.4. The molecule has 7 nitrogen and oxygen atoms in total. The van der Waals surface area contributed by atoms with Crippen LogP contribution in [0.1, 0.15) is 43.6 Å². The number of ether oxygens (including phenoxy) is 2. The summed E-state index contributed by atoms with van der Waals surface area (Å²) in [7, 11) is 1.34. The number of aryl methyl sites for hydroxylation is 1. The molecule has 148 valence electrons. The third-order valence-corrected chi connectivity index (χ3v) is 5.61. The highest BCUT2D eigenvalue weighted by Crippen LogP contribution is 2.38. The summed E-state index contributed by atoms with van der Waals surface area (Å²) in [6, 6.07) is 7.22. The summed E-state index contributed by atoms with van der Waals surface area (Å²) in [5.74, 6) is -0.760. The van der Waals surface area contributed by atoms with Gasteiger partial charge in [-0.3, -0.25) is 4.79 Å². The van der Waals surface area contributed by atoms with Gasteiger partial charge < -0.3 is 19.7 Å². The van der Waals surface area contributed by atoms with Gasteiger partial charge in [0.2, 0.25) is 0 Å². The molecule has 0 bridgehead atoms. The zero-order valence-corrected chi connectivity index (χ0v) is 16.9. The van der Waals surface area contributed by atoms with Crippen LogP contribution in [0.5, 0.6) is 0 Å². The zero-order valence-electron chi connectivity index (χ0n) is 16.0. The molecule has 1 N–H and O–H groups in total. The molecule has 0 saturated carbocycles. The fraction of sp³-hybridized carbons (Fsp3) is 0.350. The van der Waals surface area contributed by atoms with Gasteiger partial charge >= 0.3 is 12.1 Å². The lowest BCUT2D eigenvalue weighted by molar-refractivity contribution is 0.0526. The van der Waals surface area contributed by atoms with Crippen molar-refractivity contribution in [1.82, 2.24) is 4.90 Å². The number of thiophene rings is 1. The van der Waals surface area contributed by atoms with Crippen LogP contribution in [-0.2, 0) is 22.4 Å². The number of nitrogens with one attached hydrogen (secondary N) is 1. The summed E-state index contributed by atoms with van der Waals surface area (Å²) in [6.45, 7) is 4.66. The maximum atomic E-state index is 12.7. The summed E-state index contributed by atoms with van der Waals surface area (Å²) < 4.78 is 10.00. The second-order valence-electron chi connectivity index (χ2n) is 6.39. The largest absolute Gasteiger partial charge is 0.462 e. The average Bonchev–Trinajstić information content (AvgIpc) is 3.04. The number of methoxy groups -OCH3 is 1. The minimum atomic E-state index is -0.467. The lowest BCUT2D eigenvalue weighted by atomic mass is 10.0. The maximum absolute atomic E-state index is 12.7. The quantitative estimate of drug-likeness (QED) is 0.790. The Kier molecular flexibility index (Phi) is 5.99. The normalized spacial score (nSPS) is 12.9. The van der Waals surface area contributed by atoms with E-state index in [0.29, 0.717) is 35.6 Å². The van der Waals surface area contributed by atoms with Crippen LogP contribution in [0.3, 0.4) is 0 Å². The molecule has 0 saturated heterocycles. The van der Waals surface area contributed by atoms with Gasteiger partial charge in [0.15, 0.2) is 0 Å². The molecule has 2 heterocycles. The third kappa shape index (κ3) is 4.01. The molecule has 1 aliphatic heterocycles. The van der Waals surface area contributed by atoms with Crippen molar-refractivity contribution in [3.05, 3.63) is 51.4 Å². The van der Waals surface area contributed by atoms with Crippen molar-refractivity contribution in [3.63, 3.8) is 0 Å². The van der Waals surface area contributed by atoms with Gasteiger partial charge in [0.1, 0.15) is 5.00 Å². The summed E-state index contributed by atoms with van der Waals surface area (Å²) in [5, 5.41) is 3.30. The van der Waals surface area contributed by atoms with Gasteiger partial charge in [-0.05, 0) is 38.0 Å². The Morgan fingerprint density at radius 2 is 2.07 bits per heavy atom. The van der Waals surface area contributed by atoms with Gasteiger partial charge in [-0.2, -0.15) is 0 Å². The highest BCUT2D eigenvalue weighted by Gasteiger charge is 2.31. The van der Waals surface area contributed by atoms with E-state index in [0.717, 1.165) is 16.0 Å². The minimum Gasteiger partial charge on any atom is -0.462 e. The molecular weight excluding hydrogens is 380 g/mol. The predicted octanol–water partition coefficient (Wildman–Crippen LogP) is 3.61. The van der Waals surface area contributed by atoms with E-state index in [9.17, 15) is 14.4 Å². The van der Waals surface area contributed by atoms with E-state index in [2.05, 4.69) is 5.32 Å². The van der Waals surface area contributed by atoms with Gasteiger partial charge in [-0.1, -0.05) is 17.7 Å². The zero-order chi connectivity index (χ0) is 20.3. The Morgan fingerprint density at radius 3 is 2.75 bits per heavy atom. The molecule has 0 atom stereocenters. The Labute approximate surface area is 167 Å². The number of hydrogen-bond donors (Lipinski definition) is 1. The molecule has 8 heteroatoms. The average molecular weight is 402 g/mol. The van der Waals surface area contributed by atoms with E-state index in [-0.39, 0.29) is 12.5 Å². The summed E-state index contributed by atoms with van der Waals surface area (Å²) in [5.41, 5.74) is 2.69. The first-order valence-corrected chi connectivity index (χ1v) is 9.78. The lowest BCUT2D eigenvalue weighted by Gasteiger charge is -2.25. The number of amides is 2. The van der Waals surface area contributed by atoms with Crippen molar-refractivity contribution < 1.29 is 23.9 Å². The van der Waals surface area contributed by atoms with Crippen molar-refractivity contribution in [2.45, 2.75) is 26.8 Å². The van der Waals surface area contributed by atoms with Crippen molar-refractivity contribution in [1.29, 1.82) is 0 Å². The molecule has 0 aliphatic carbocycles. The minimum absolute atomic E-state index is 0.239. The van der Waals surface area contributed by atoms with Crippen LogP contribution in [-0.4, -0.2) is 43.1 Å². The highest BCUT2D eigenvalue weighted by atomic mass is 32.1. The molecule has 0 radical (unpaired) electrons. The molecule has 0 fully saturated rings. The fourth-order valence-corrected chi connectivity index (χ4v) is 4.40. The standard InChI is InChI=1S/C20H22N2O5S/c1-4-27-19(24)16-14-8-9-22(20(25)26-3)11-15(14)28-18(16)21-17(23)13-7-5-6-12(2)10-13/h5-7,10H,4,8-9,11H2,1-3H3,(H,21,23). The van der Waals surface area contributed by atoms with Crippen molar-refractivity contribution >= 4 is 34.3 Å². The highest BCUT2D eigenvalue weighted by molar-refractivity contribution is 7.17. The van der Waals surface area contributed by atoms with Crippen molar-refractivity contribution in [2.24, 2.45) is 0 Å². The van der Waals surface area contributed by atoms with E-state index in [1.165, 1.54) is 18.4 Å². The van der Waals surface area contributed by atoms with Crippen LogP contribution >= 0.6 is 11.3 Å². The molecule has 0 unspecified atom stereocenters. The molecule has 3 rings (SSSR count). The molecule has 2 aromatic rings. The summed E-state index contributed by atoms with van der Waals surface area (Å²) in [6.07, 6.45) is 0.0807. The fourth-order valence-electron chi connectivity index (χ4n) is 3.16. The van der Waals surface area contributed by atoms with Crippen molar-refractivity contribution in [2.75, 3.05) is 25.6 Å². The first-order valence-electron chi connectivity index (χ1n) is 8.97. The Bertz CT molecular complexity index is 921. The molecular formula is C20H22N2O5S. The Hall–Kier alpha value is -2.87. The third-order valence-electron chi connectivity index (χ3n) is 4.48. The monoisotopic (exact) mass is 402 g/mol. The number of hydrogen-bond acceptors (Lipinski definition) is 6. The summed E-state index contributed by atoms with van der Waals surface area (Å²) >= 11 is 1.29. The number of esters is 1. The second kappa shape index (κ2) is 8.43. The number of fused-ring (bicyclic) bond motifs is 1. The summed E-state index contributed by atoms with van der Waals surface area (Å²) in [4.78, 5) is 39.5. The number of anilines is 1. The Morgan fingerprint density at radius 1 is 1.29 bits per heavy atom. The van der Waals surface area contributed by atoms with Crippen LogP contribution in [0.2, 0.25) is 0 Å².